The van der Waals surface area contributed by atoms with E-state index >= 15 is 0 Å². The highest BCUT2D eigenvalue weighted by Crippen LogP contribution is 2.26. The zero-order valence-electron chi connectivity index (χ0n) is 8.41. The van der Waals surface area contributed by atoms with E-state index in [9.17, 15) is 8.42 Å². The summed E-state index contributed by atoms with van der Waals surface area (Å²) in [5, 5.41) is 0. The second kappa shape index (κ2) is 3.55. The van der Waals surface area contributed by atoms with Crippen LogP contribution in [0.5, 0.6) is 0 Å². The van der Waals surface area contributed by atoms with Gasteiger partial charge in [0.25, 0.3) is 10.1 Å². The summed E-state index contributed by atoms with van der Waals surface area (Å²) in [5.74, 6) is 0. The van der Waals surface area contributed by atoms with Crippen LogP contribution in [0.4, 0.5) is 0 Å². The van der Waals surface area contributed by atoms with Gasteiger partial charge in [-0.2, -0.15) is 8.42 Å². The molecule has 4 nitrogen and oxygen atoms in total. The predicted octanol–water partition coefficient (Wildman–Crippen LogP) is 0.447. The van der Waals surface area contributed by atoms with Crippen LogP contribution in [0.25, 0.3) is 0 Å². The monoisotopic (exact) mass is 207 g/mol. The third-order valence-corrected chi connectivity index (χ3v) is 3.10. The molecule has 1 fully saturated rings. The van der Waals surface area contributed by atoms with Gasteiger partial charge in [0.2, 0.25) is 0 Å². The molecule has 0 bridgehead atoms. The minimum absolute atomic E-state index is 0.486. The quantitative estimate of drug-likeness (QED) is 0.617. The van der Waals surface area contributed by atoms with Gasteiger partial charge in [0.05, 0.1) is 11.9 Å². The van der Waals surface area contributed by atoms with Crippen LogP contribution in [0, 0.1) is 0 Å². The summed E-state index contributed by atoms with van der Waals surface area (Å²) in [6.45, 7) is 3.65. The molecule has 0 N–H and O–H groups in total. The molecule has 1 rings (SSSR count). The van der Waals surface area contributed by atoms with Crippen LogP contribution in [0.2, 0.25) is 0 Å². The number of rotatable bonds is 2. The van der Waals surface area contributed by atoms with Crippen LogP contribution in [0.15, 0.2) is 0 Å². The van der Waals surface area contributed by atoms with Gasteiger partial charge < -0.3 is 4.90 Å². The fourth-order valence-corrected chi connectivity index (χ4v) is 2.44. The Kier molecular flexibility index (Phi) is 2.99. The predicted molar refractivity (Wildman–Crippen MR) is 51.1 cm³/mol. The topological polar surface area (TPSA) is 46.6 Å². The number of hydrogen-bond acceptors (Lipinski definition) is 4. The summed E-state index contributed by atoms with van der Waals surface area (Å²) in [7, 11) is -1.29. The molecule has 0 radical (unpaired) electrons. The Hall–Kier alpha value is -0.130. The SMILES string of the molecule is CN1CCC(C)(OS(C)(=O)=O)CC1. The third kappa shape index (κ3) is 3.62. The van der Waals surface area contributed by atoms with E-state index in [-0.39, 0.29) is 0 Å². The van der Waals surface area contributed by atoms with Gasteiger partial charge in [-0.15, -0.1) is 0 Å². The van der Waals surface area contributed by atoms with E-state index in [2.05, 4.69) is 4.90 Å². The summed E-state index contributed by atoms with van der Waals surface area (Å²) >= 11 is 0. The molecule has 13 heavy (non-hydrogen) atoms. The molecule has 0 aliphatic carbocycles. The van der Waals surface area contributed by atoms with Gasteiger partial charge in [-0.1, -0.05) is 0 Å². The minimum atomic E-state index is -3.32. The van der Waals surface area contributed by atoms with Crippen LogP contribution in [0.1, 0.15) is 19.8 Å². The Morgan fingerprint density at radius 3 is 2.15 bits per heavy atom. The Morgan fingerprint density at radius 1 is 1.31 bits per heavy atom. The molecule has 0 amide bonds. The molecule has 0 aromatic carbocycles. The third-order valence-electron chi connectivity index (χ3n) is 2.40. The van der Waals surface area contributed by atoms with Crippen molar-refractivity contribution >= 4 is 10.1 Å². The van der Waals surface area contributed by atoms with Gasteiger partial charge >= 0.3 is 0 Å². The molecular weight excluding hydrogens is 190 g/mol. The lowest BCUT2D eigenvalue weighted by Gasteiger charge is -2.36. The highest BCUT2D eigenvalue weighted by Gasteiger charge is 2.32. The van der Waals surface area contributed by atoms with Crippen LogP contribution < -0.4 is 0 Å². The van der Waals surface area contributed by atoms with Crippen molar-refractivity contribution < 1.29 is 12.6 Å². The van der Waals surface area contributed by atoms with Crippen molar-refractivity contribution in [3.8, 4) is 0 Å². The average molecular weight is 207 g/mol. The second-order valence-corrected chi connectivity index (χ2v) is 5.62. The molecule has 0 spiro atoms. The van der Waals surface area contributed by atoms with E-state index in [0.717, 1.165) is 32.2 Å². The minimum Gasteiger partial charge on any atom is -0.306 e. The molecule has 0 saturated carbocycles. The lowest BCUT2D eigenvalue weighted by atomic mass is 9.94. The highest BCUT2D eigenvalue weighted by atomic mass is 32.2. The molecule has 0 aromatic rings. The average Bonchev–Trinajstić information content (AvgIpc) is 1.92. The van der Waals surface area contributed by atoms with E-state index in [0.29, 0.717) is 0 Å². The Morgan fingerprint density at radius 2 is 1.77 bits per heavy atom. The van der Waals surface area contributed by atoms with Crippen LogP contribution in [-0.4, -0.2) is 45.3 Å². The molecule has 0 aromatic heterocycles. The fraction of sp³-hybridized carbons (Fsp3) is 1.00. The maximum atomic E-state index is 11.0. The van der Waals surface area contributed by atoms with Crippen molar-refractivity contribution in [1.29, 1.82) is 0 Å². The van der Waals surface area contributed by atoms with E-state index in [4.69, 9.17) is 4.18 Å². The van der Waals surface area contributed by atoms with Gasteiger partial charge in [0.15, 0.2) is 0 Å². The first-order chi connectivity index (χ1) is 5.81. The van der Waals surface area contributed by atoms with Crippen molar-refractivity contribution in [2.45, 2.75) is 25.4 Å². The summed E-state index contributed by atoms with van der Waals surface area (Å²) < 4.78 is 27.0. The number of piperidine rings is 1. The molecule has 5 heteroatoms. The van der Waals surface area contributed by atoms with E-state index in [1.165, 1.54) is 0 Å². The second-order valence-electron chi connectivity index (χ2n) is 4.04. The molecule has 78 valence electrons. The van der Waals surface area contributed by atoms with Crippen molar-refractivity contribution in [2.75, 3.05) is 26.4 Å². The van der Waals surface area contributed by atoms with Crippen LogP contribution in [-0.2, 0) is 14.3 Å². The van der Waals surface area contributed by atoms with Crippen LogP contribution >= 0.6 is 0 Å². The molecule has 0 unspecified atom stereocenters. The largest absolute Gasteiger partial charge is 0.306 e. The van der Waals surface area contributed by atoms with Gasteiger partial charge in [0.1, 0.15) is 0 Å². The van der Waals surface area contributed by atoms with Crippen molar-refractivity contribution in [3.05, 3.63) is 0 Å². The summed E-state index contributed by atoms with van der Waals surface area (Å²) in [6.07, 6.45) is 2.66. The summed E-state index contributed by atoms with van der Waals surface area (Å²) in [6, 6.07) is 0. The lowest BCUT2D eigenvalue weighted by molar-refractivity contribution is 0.0309. The molecule has 1 saturated heterocycles. The Bertz CT molecular complexity index is 265. The Balaban J connectivity index is 2.58. The van der Waals surface area contributed by atoms with Crippen molar-refractivity contribution in [2.24, 2.45) is 0 Å². The summed E-state index contributed by atoms with van der Waals surface area (Å²) in [4.78, 5) is 2.17. The maximum Gasteiger partial charge on any atom is 0.264 e. The molecular formula is C8H17NO3S. The zero-order valence-corrected chi connectivity index (χ0v) is 9.23. The molecule has 1 heterocycles. The van der Waals surface area contributed by atoms with Crippen molar-refractivity contribution in [3.63, 3.8) is 0 Å². The Labute approximate surface area is 80.0 Å². The molecule has 1 aliphatic rings. The first-order valence-corrected chi connectivity index (χ1v) is 6.22. The van der Waals surface area contributed by atoms with E-state index in [1.54, 1.807) is 0 Å². The van der Waals surface area contributed by atoms with Gasteiger partial charge in [-0.25, -0.2) is 0 Å². The first kappa shape index (κ1) is 10.9. The highest BCUT2D eigenvalue weighted by molar-refractivity contribution is 7.86. The number of likely N-dealkylation sites (tertiary alicyclic amines) is 1. The van der Waals surface area contributed by atoms with E-state index in [1.807, 2.05) is 14.0 Å². The normalized spacial score (nSPS) is 24.5. The maximum absolute atomic E-state index is 11.0. The zero-order chi connectivity index (χ0) is 10.1. The summed E-state index contributed by atoms with van der Waals surface area (Å²) in [5.41, 5.74) is -0.486. The first-order valence-electron chi connectivity index (χ1n) is 4.40. The molecule has 0 atom stereocenters. The lowest BCUT2D eigenvalue weighted by Crippen LogP contribution is -2.43. The van der Waals surface area contributed by atoms with Crippen LogP contribution in [0.3, 0.4) is 0 Å². The fourth-order valence-electron chi connectivity index (χ4n) is 1.54. The number of hydrogen-bond donors (Lipinski definition) is 0. The van der Waals surface area contributed by atoms with Gasteiger partial charge in [-0.05, 0) is 26.8 Å². The standard InChI is InChI=1S/C8H17NO3S/c1-8(12-13(3,10)11)4-6-9(2)7-5-8/h4-7H2,1-3H3. The number of nitrogens with zero attached hydrogens (tertiary/aromatic N) is 1. The van der Waals surface area contributed by atoms with Crippen molar-refractivity contribution in [1.82, 2.24) is 4.90 Å². The smallest absolute Gasteiger partial charge is 0.264 e. The van der Waals surface area contributed by atoms with Gasteiger partial charge in [-0.3, -0.25) is 4.18 Å². The molecule has 1 aliphatic heterocycles. The van der Waals surface area contributed by atoms with Gasteiger partial charge in [0, 0.05) is 13.1 Å². The van der Waals surface area contributed by atoms with E-state index < -0.39 is 15.7 Å².